The van der Waals surface area contributed by atoms with Crippen LogP contribution >= 0.6 is 11.6 Å². The fourth-order valence-electron chi connectivity index (χ4n) is 1.79. The molecule has 18 heavy (non-hydrogen) atoms. The number of carbonyl (C=O) groups is 1. The third-order valence-electron chi connectivity index (χ3n) is 3.11. The molecular formula is C14H20ClNO2. The van der Waals surface area contributed by atoms with Gasteiger partial charge >= 0.3 is 5.97 Å². The first-order chi connectivity index (χ1) is 8.54. The van der Waals surface area contributed by atoms with E-state index >= 15 is 0 Å². The van der Waals surface area contributed by atoms with E-state index < -0.39 is 0 Å². The van der Waals surface area contributed by atoms with Crippen molar-refractivity contribution in [2.24, 2.45) is 0 Å². The topological polar surface area (TPSA) is 29.5 Å². The fourth-order valence-corrected chi connectivity index (χ4v) is 1.99. The second-order valence-electron chi connectivity index (χ2n) is 4.39. The molecule has 1 rings (SSSR count). The standard InChI is InChI=1S/C14H20ClNO2/c1-11(12-6-4-7-13(15)10-12)16(2)9-5-8-14(17)18-3/h4,6-7,10-11H,5,8-9H2,1-3H3. The minimum atomic E-state index is -0.154. The van der Waals surface area contributed by atoms with Gasteiger partial charge in [0, 0.05) is 17.5 Å². The molecule has 0 N–H and O–H groups in total. The Bertz CT molecular complexity index is 395. The van der Waals surface area contributed by atoms with Gasteiger partial charge in [-0.15, -0.1) is 0 Å². The van der Waals surface area contributed by atoms with Gasteiger partial charge in [-0.05, 0) is 44.6 Å². The van der Waals surface area contributed by atoms with Gasteiger partial charge in [-0.2, -0.15) is 0 Å². The van der Waals surface area contributed by atoms with Crippen LogP contribution in [0, 0.1) is 0 Å². The molecule has 0 heterocycles. The van der Waals surface area contributed by atoms with Gasteiger partial charge in [0.1, 0.15) is 0 Å². The lowest BCUT2D eigenvalue weighted by Gasteiger charge is -2.25. The minimum absolute atomic E-state index is 0.154. The molecule has 0 bridgehead atoms. The maximum absolute atomic E-state index is 11.0. The predicted octanol–water partition coefficient (Wildman–Crippen LogP) is 3.29. The molecular weight excluding hydrogens is 250 g/mol. The first-order valence-corrected chi connectivity index (χ1v) is 6.45. The molecule has 1 aromatic carbocycles. The molecule has 0 radical (unpaired) electrons. The Kier molecular flexibility index (Phi) is 6.16. The van der Waals surface area contributed by atoms with Crippen molar-refractivity contribution >= 4 is 17.6 Å². The van der Waals surface area contributed by atoms with E-state index in [1.54, 1.807) is 0 Å². The van der Waals surface area contributed by atoms with E-state index in [0.29, 0.717) is 6.42 Å². The van der Waals surface area contributed by atoms with Crippen LogP contribution < -0.4 is 0 Å². The number of carbonyl (C=O) groups excluding carboxylic acids is 1. The van der Waals surface area contributed by atoms with Crippen LogP contribution in [0.1, 0.15) is 31.4 Å². The summed E-state index contributed by atoms with van der Waals surface area (Å²) in [7, 11) is 3.46. The Hall–Kier alpha value is -1.06. The number of esters is 1. The molecule has 100 valence electrons. The van der Waals surface area contributed by atoms with Crippen LogP contribution in [0.4, 0.5) is 0 Å². The van der Waals surface area contributed by atoms with Crippen LogP contribution in [-0.2, 0) is 9.53 Å². The zero-order chi connectivity index (χ0) is 13.5. The number of ether oxygens (including phenoxy) is 1. The van der Waals surface area contributed by atoms with E-state index in [4.69, 9.17) is 11.6 Å². The van der Waals surface area contributed by atoms with Crippen LogP contribution in [0.3, 0.4) is 0 Å². The van der Waals surface area contributed by atoms with E-state index in [9.17, 15) is 4.79 Å². The molecule has 3 nitrogen and oxygen atoms in total. The highest BCUT2D eigenvalue weighted by Crippen LogP contribution is 2.21. The molecule has 0 aliphatic heterocycles. The number of rotatable bonds is 6. The van der Waals surface area contributed by atoms with Crippen molar-refractivity contribution in [3.63, 3.8) is 0 Å². The maximum atomic E-state index is 11.0. The number of nitrogens with zero attached hydrogens (tertiary/aromatic N) is 1. The molecule has 0 saturated carbocycles. The van der Waals surface area contributed by atoms with Crippen molar-refractivity contribution in [3.05, 3.63) is 34.9 Å². The first kappa shape index (κ1) is 15.0. The predicted molar refractivity (Wildman–Crippen MR) is 73.7 cm³/mol. The summed E-state index contributed by atoms with van der Waals surface area (Å²) in [6.45, 7) is 2.98. The number of hydrogen-bond donors (Lipinski definition) is 0. The Morgan fingerprint density at radius 3 is 2.83 bits per heavy atom. The number of benzene rings is 1. The highest BCUT2D eigenvalue weighted by molar-refractivity contribution is 6.30. The van der Waals surface area contributed by atoms with Crippen LogP contribution in [0.25, 0.3) is 0 Å². The van der Waals surface area contributed by atoms with E-state index in [1.165, 1.54) is 12.7 Å². The van der Waals surface area contributed by atoms with Crippen LogP contribution in [0.2, 0.25) is 5.02 Å². The molecule has 1 aromatic rings. The van der Waals surface area contributed by atoms with Gasteiger partial charge in [0.05, 0.1) is 7.11 Å². The van der Waals surface area contributed by atoms with Crippen LogP contribution in [0.15, 0.2) is 24.3 Å². The maximum Gasteiger partial charge on any atom is 0.305 e. The highest BCUT2D eigenvalue weighted by Gasteiger charge is 2.12. The van der Waals surface area contributed by atoms with E-state index in [0.717, 1.165) is 18.0 Å². The van der Waals surface area contributed by atoms with Gasteiger partial charge in [-0.1, -0.05) is 23.7 Å². The second-order valence-corrected chi connectivity index (χ2v) is 4.83. The zero-order valence-corrected chi connectivity index (χ0v) is 11.9. The monoisotopic (exact) mass is 269 g/mol. The lowest BCUT2D eigenvalue weighted by Crippen LogP contribution is -2.24. The summed E-state index contributed by atoms with van der Waals surface area (Å²) < 4.78 is 4.62. The lowest BCUT2D eigenvalue weighted by molar-refractivity contribution is -0.140. The van der Waals surface area contributed by atoms with E-state index in [1.807, 2.05) is 25.2 Å². The normalized spacial score (nSPS) is 12.5. The quantitative estimate of drug-likeness (QED) is 0.742. The van der Waals surface area contributed by atoms with Gasteiger partial charge in [0.15, 0.2) is 0 Å². The molecule has 0 aliphatic rings. The van der Waals surface area contributed by atoms with Crippen molar-refractivity contribution in [1.82, 2.24) is 4.90 Å². The molecule has 1 atom stereocenters. The lowest BCUT2D eigenvalue weighted by atomic mass is 10.1. The molecule has 4 heteroatoms. The van der Waals surface area contributed by atoms with Crippen molar-refractivity contribution in [3.8, 4) is 0 Å². The van der Waals surface area contributed by atoms with Gasteiger partial charge in [-0.3, -0.25) is 9.69 Å². The van der Waals surface area contributed by atoms with Gasteiger partial charge in [0.2, 0.25) is 0 Å². The van der Waals surface area contributed by atoms with Crippen LogP contribution in [-0.4, -0.2) is 31.6 Å². The van der Waals surface area contributed by atoms with Gasteiger partial charge in [0.25, 0.3) is 0 Å². The Morgan fingerprint density at radius 1 is 1.50 bits per heavy atom. The summed E-state index contributed by atoms with van der Waals surface area (Å²) in [5.41, 5.74) is 1.18. The zero-order valence-electron chi connectivity index (χ0n) is 11.1. The SMILES string of the molecule is COC(=O)CCCN(C)C(C)c1cccc(Cl)c1. The smallest absolute Gasteiger partial charge is 0.305 e. The van der Waals surface area contributed by atoms with Crippen molar-refractivity contribution in [2.45, 2.75) is 25.8 Å². The van der Waals surface area contributed by atoms with Crippen molar-refractivity contribution in [1.29, 1.82) is 0 Å². The summed E-state index contributed by atoms with van der Waals surface area (Å²) in [5, 5.41) is 0.752. The largest absolute Gasteiger partial charge is 0.469 e. The fraction of sp³-hybridized carbons (Fsp3) is 0.500. The van der Waals surface area contributed by atoms with Gasteiger partial charge in [-0.25, -0.2) is 0 Å². The minimum Gasteiger partial charge on any atom is -0.469 e. The molecule has 1 unspecified atom stereocenters. The third kappa shape index (κ3) is 4.67. The molecule has 0 saturated heterocycles. The van der Waals surface area contributed by atoms with Crippen molar-refractivity contribution in [2.75, 3.05) is 20.7 Å². The Balaban J connectivity index is 2.46. The Labute approximate surface area is 114 Å². The summed E-state index contributed by atoms with van der Waals surface area (Å²) in [6, 6.07) is 8.14. The Morgan fingerprint density at radius 2 is 2.22 bits per heavy atom. The van der Waals surface area contributed by atoms with Gasteiger partial charge < -0.3 is 4.74 Å². The average Bonchev–Trinajstić information content (AvgIpc) is 2.37. The third-order valence-corrected chi connectivity index (χ3v) is 3.35. The molecule has 0 spiro atoms. The summed E-state index contributed by atoms with van der Waals surface area (Å²) in [4.78, 5) is 13.2. The average molecular weight is 270 g/mol. The van der Waals surface area contributed by atoms with E-state index in [-0.39, 0.29) is 12.0 Å². The molecule has 0 aliphatic carbocycles. The molecule has 0 aromatic heterocycles. The first-order valence-electron chi connectivity index (χ1n) is 6.07. The molecule has 0 fully saturated rings. The number of methoxy groups -OCH3 is 1. The van der Waals surface area contributed by atoms with E-state index in [2.05, 4.69) is 22.6 Å². The van der Waals surface area contributed by atoms with Crippen molar-refractivity contribution < 1.29 is 9.53 Å². The summed E-state index contributed by atoms with van der Waals surface area (Å²) in [6.07, 6.45) is 1.26. The van der Waals surface area contributed by atoms with Crippen LogP contribution in [0.5, 0.6) is 0 Å². The second kappa shape index (κ2) is 7.39. The number of hydrogen-bond acceptors (Lipinski definition) is 3. The number of halogens is 1. The summed E-state index contributed by atoms with van der Waals surface area (Å²) >= 11 is 5.98. The highest BCUT2D eigenvalue weighted by atomic mass is 35.5. The summed E-state index contributed by atoms with van der Waals surface area (Å²) in [5.74, 6) is -0.154. The molecule has 0 amide bonds.